The highest BCUT2D eigenvalue weighted by molar-refractivity contribution is 6.33. The zero-order valence-corrected chi connectivity index (χ0v) is 25.8. The van der Waals surface area contributed by atoms with E-state index < -0.39 is 6.10 Å². The number of anilines is 2. The molecule has 2 unspecified atom stereocenters. The van der Waals surface area contributed by atoms with Crippen LogP contribution in [-0.2, 0) is 0 Å². The van der Waals surface area contributed by atoms with Crippen LogP contribution in [0.15, 0.2) is 12.1 Å². The van der Waals surface area contributed by atoms with Gasteiger partial charge in [0.2, 0.25) is 0 Å². The van der Waals surface area contributed by atoms with Gasteiger partial charge in [0.15, 0.2) is 0 Å². The predicted octanol–water partition coefficient (Wildman–Crippen LogP) is 7.77. The first-order valence-electron chi connectivity index (χ1n) is 13.8. The monoisotopic (exact) mass is 606 g/mol. The summed E-state index contributed by atoms with van der Waals surface area (Å²) in [5, 5.41) is 29.4. The minimum atomic E-state index is -0.692. The first kappa shape index (κ1) is 32.0. The molecule has 0 aromatic heterocycles. The molecule has 0 radical (unpaired) electrons. The number of benzene rings is 2. The number of nitrogens with zero attached hydrogens (tertiary/aromatic N) is 4. The molecule has 2 aromatic rings. The smallest absolute Gasteiger partial charge is 0.149 e. The number of hydrogen-bond acceptors (Lipinski definition) is 7. The molecule has 2 fully saturated rings. The van der Waals surface area contributed by atoms with Gasteiger partial charge in [0.1, 0.15) is 23.6 Å². The lowest BCUT2D eigenvalue weighted by molar-refractivity contribution is 0.192. The van der Waals surface area contributed by atoms with Crippen molar-refractivity contribution in [2.45, 2.75) is 64.9 Å². The van der Waals surface area contributed by atoms with Crippen molar-refractivity contribution in [3.8, 4) is 23.6 Å². The van der Waals surface area contributed by atoms with Crippen molar-refractivity contribution < 1.29 is 14.6 Å². The molecule has 2 atom stereocenters. The van der Waals surface area contributed by atoms with Gasteiger partial charge in [-0.25, -0.2) is 0 Å². The third-order valence-corrected chi connectivity index (χ3v) is 7.83. The molecule has 0 amide bonds. The van der Waals surface area contributed by atoms with Crippen molar-refractivity contribution in [3.05, 3.63) is 44.4 Å². The van der Waals surface area contributed by atoms with E-state index in [1.807, 2.05) is 20.8 Å². The quantitative estimate of drug-likeness (QED) is 0.306. The van der Waals surface area contributed by atoms with Crippen LogP contribution in [0.25, 0.3) is 0 Å². The van der Waals surface area contributed by atoms with E-state index in [0.29, 0.717) is 51.4 Å². The normalized spacial score (nSPS) is 16.1. The molecular formula is C30H37Cl3N4O3. The van der Waals surface area contributed by atoms with Crippen LogP contribution in [0.4, 0.5) is 11.4 Å². The summed E-state index contributed by atoms with van der Waals surface area (Å²) in [6.45, 7) is 12.0. The van der Waals surface area contributed by atoms with Gasteiger partial charge in [-0.15, -0.1) is 11.6 Å². The molecule has 10 heteroatoms. The fourth-order valence-corrected chi connectivity index (χ4v) is 5.83. The predicted molar refractivity (Wildman–Crippen MR) is 162 cm³/mol. The molecule has 2 saturated heterocycles. The molecular weight excluding hydrogens is 571 g/mol. The number of aliphatic hydroxyl groups is 1. The topological polar surface area (TPSA) is 92.7 Å². The third-order valence-electron chi connectivity index (χ3n) is 6.99. The third kappa shape index (κ3) is 7.01. The highest BCUT2D eigenvalue weighted by Crippen LogP contribution is 2.45. The van der Waals surface area contributed by atoms with Crippen molar-refractivity contribution in [2.75, 3.05) is 49.2 Å². The Bertz CT molecular complexity index is 1160. The summed E-state index contributed by atoms with van der Waals surface area (Å²) < 4.78 is 11.5. The highest BCUT2D eigenvalue weighted by atomic mass is 35.5. The second-order valence-corrected chi connectivity index (χ2v) is 11.2. The fourth-order valence-electron chi connectivity index (χ4n) is 5.17. The minimum Gasteiger partial charge on any atom is -0.491 e. The molecule has 0 spiro atoms. The van der Waals surface area contributed by atoms with Gasteiger partial charge in [0.25, 0.3) is 0 Å². The van der Waals surface area contributed by atoms with E-state index in [0.717, 1.165) is 68.8 Å². The Balaban J connectivity index is 0.000000220. The molecule has 40 heavy (non-hydrogen) atoms. The molecule has 2 aromatic carbocycles. The first-order chi connectivity index (χ1) is 19.2. The Labute approximate surface area is 252 Å². The van der Waals surface area contributed by atoms with Crippen molar-refractivity contribution >= 4 is 46.2 Å². The summed E-state index contributed by atoms with van der Waals surface area (Å²) in [4.78, 5) is 4.31. The Morgan fingerprint density at radius 1 is 0.800 bits per heavy atom. The van der Waals surface area contributed by atoms with E-state index in [2.05, 4.69) is 21.9 Å². The highest BCUT2D eigenvalue weighted by Gasteiger charge is 2.28. The number of hydrogen-bond donors (Lipinski definition) is 1. The zero-order valence-electron chi connectivity index (χ0n) is 23.6. The number of nitriles is 2. The van der Waals surface area contributed by atoms with Crippen LogP contribution in [0.1, 0.15) is 87.1 Å². The summed E-state index contributed by atoms with van der Waals surface area (Å²) >= 11 is 18.7. The van der Waals surface area contributed by atoms with Crippen LogP contribution >= 0.6 is 34.8 Å². The summed E-state index contributed by atoms with van der Waals surface area (Å²) in [6, 6.07) is 7.77. The van der Waals surface area contributed by atoms with Gasteiger partial charge >= 0.3 is 0 Å². The molecule has 2 aliphatic heterocycles. The number of aliphatic hydroxyl groups excluding tert-OH is 1. The molecule has 2 heterocycles. The van der Waals surface area contributed by atoms with Crippen molar-refractivity contribution in [2.24, 2.45) is 0 Å². The Morgan fingerprint density at radius 2 is 1.18 bits per heavy atom. The van der Waals surface area contributed by atoms with Crippen molar-refractivity contribution in [3.63, 3.8) is 0 Å². The summed E-state index contributed by atoms with van der Waals surface area (Å²) in [5.41, 5.74) is 3.94. The Hall–Kier alpha value is -2.55. The second-order valence-electron chi connectivity index (χ2n) is 9.77. The first-order valence-corrected chi connectivity index (χ1v) is 15.0. The van der Waals surface area contributed by atoms with Crippen LogP contribution in [0.3, 0.4) is 0 Å². The van der Waals surface area contributed by atoms with Gasteiger partial charge in [-0.05, 0) is 65.5 Å². The Kier molecular flexibility index (Phi) is 11.9. The lowest BCUT2D eigenvalue weighted by atomic mass is 10.0. The molecule has 2 aliphatic rings. The number of halogens is 3. The Morgan fingerprint density at radius 3 is 1.50 bits per heavy atom. The average Bonchev–Trinajstić information content (AvgIpc) is 3.65. The number of alkyl halides is 1. The van der Waals surface area contributed by atoms with Gasteiger partial charge in [-0.3, -0.25) is 0 Å². The van der Waals surface area contributed by atoms with Crippen LogP contribution in [0.2, 0.25) is 10.0 Å². The minimum absolute atomic E-state index is 0.219. The maximum atomic E-state index is 9.95. The second kappa shape index (κ2) is 14.9. The molecule has 7 nitrogen and oxygen atoms in total. The van der Waals surface area contributed by atoms with Crippen molar-refractivity contribution in [1.82, 2.24) is 0 Å². The number of rotatable bonds is 8. The maximum absolute atomic E-state index is 9.95. The van der Waals surface area contributed by atoms with Gasteiger partial charge in [0.05, 0.1) is 57.2 Å². The van der Waals surface area contributed by atoms with E-state index >= 15 is 0 Å². The van der Waals surface area contributed by atoms with Gasteiger partial charge in [-0.2, -0.15) is 10.5 Å². The number of ether oxygens (including phenoxy) is 2. The van der Waals surface area contributed by atoms with E-state index in [4.69, 9.17) is 44.3 Å². The fraction of sp³-hybridized carbons (Fsp3) is 0.533. The molecule has 0 saturated carbocycles. The summed E-state index contributed by atoms with van der Waals surface area (Å²) in [5.74, 6) is 1.29. The van der Waals surface area contributed by atoms with Crippen molar-refractivity contribution in [1.29, 1.82) is 10.5 Å². The largest absolute Gasteiger partial charge is 0.491 e. The molecule has 4 rings (SSSR count). The molecule has 0 aliphatic carbocycles. The molecule has 0 bridgehead atoms. The van der Waals surface area contributed by atoms with Gasteiger partial charge in [0, 0.05) is 37.3 Å². The zero-order chi connectivity index (χ0) is 29.4. The van der Waals surface area contributed by atoms with E-state index in [-0.39, 0.29) is 5.38 Å². The van der Waals surface area contributed by atoms with Gasteiger partial charge in [-0.1, -0.05) is 23.2 Å². The van der Waals surface area contributed by atoms with Crippen LogP contribution < -0.4 is 19.3 Å². The average molecular weight is 608 g/mol. The maximum Gasteiger partial charge on any atom is 0.149 e. The van der Waals surface area contributed by atoms with E-state index in [9.17, 15) is 15.6 Å². The SMILES string of the molecule is CCOc1c(C(C)Cl)cc(Cl)c(C#N)c1N1CCCC1.CCOc1c(C(C)O)cc(Cl)c(C#N)c1N1CCCC1. The molecule has 216 valence electrons. The lowest BCUT2D eigenvalue weighted by Crippen LogP contribution is -2.21. The molecule has 1 N–H and O–H groups in total. The van der Waals surface area contributed by atoms with Crippen LogP contribution in [-0.4, -0.2) is 44.5 Å². The van der Waals surface area contributed by atoms with E-state index in [1.165, 1.54) is 0 Å². The van der Waals surface area contributed by atoms with Gasteiger partial charge < -0.3 is 24.4 Å². The van der Waals surface area contributed by atoms with E-state index in [1.54, 1.807) is 19.1 Å². The standard InChI is InChI=1S/C15H18Cl2N2O.C15H19ClN2O2/c1-3-20-15-11(10(2)16)8-13(17)12(9-18)14(15)19-6-4-5-7-19;1-3-20-15-11(10(2)19)8-13(16)12(9-17)14(15)18-6-4-5-7-18/h8,10H,3-7H2,1-2H3;8,10,19H,3-7H2,1-2H3. The summed E-state index contributed by atoms with van der Waals surface area (Å²) in [7, 11) is 0. The summed E-state index contributed by atoms with van der Waals surface area (Å²) in [6.07, 6.45) is 3.73. The van der Waals surface area contributed by atoms with Crippen LogP contribution in [0.5, 0.6) is 11.5 Å². The lowest BCUT2D eigenvalue weighted by Gasteiger charge is -2.26. The van der Waals surface area contributed by atoms with Crippen LogP contribution in [0, 0.1) is 22.7 Å².